The first-order valence-corrected chi connectivity index (χ1v) is 4.80. The molecule has 14 heavy (non-hydrogen) atoms. The summed E-state index contributed by atoms with van der Waals surface area (Å²) in [5.74, 6) is 0. The van der Waals surface area contributed by atoms with Crippen LogP contribution in [-0.4, -0.2) is 20.0 Å². The number of ether oxygens (including phenoxy) is 2. The van der Waals surface area contributed by atoms with Crippen LogP contribution in [0, 0.1) is 0 Å². The van der Waals surface area contributed by atoms with Crippen LogP contribution in [0.3, 0.4) is 0 Å². The maximum absolute atomic E-state index is 5.19. The van der Waals surface area contributed by atoms with Gasteiger partial charge < -0.3 is 9.47 Å². The fraction of sp³-hybridized carbons (Fsp3) is 0.333. The van der Waals surface area contributed by atoms with Gasteiger partial charge in [0.15, 0.2) is 0 Å². The van der Waals surface area contributed by atoms with Crippen LogP contribution in [0.4, 0.5) is 0 Å². The predicted molar refractivity (Wildman–Crippen MR) is 57.9 cm³/mol. The third-order valence-electron chi connectivity index (χ3n) is 1.69. The Morgan fingerprint density at radius 2 is 1.93 bits per heavy atom. The third kappa shape index (κ3) is 4.80. The minimum atomic E-state index is 0.371. The van der Waals surface area contributed by atoms with Crippen LogP contribution in [0.15, 0.2) is 36.4 Å². The number of rotatable bonds is 6. The molecule has 0 atom stereocenters. The van der Waals surface area contributed by atoms with Crippen molar-refractivity contribution >= 4 is 6.08 Å². The highest BCUT2D eigenvalue weighted by atomic mass is 16.7. The van der Waals surface area contributed by atoms with Gasteiger partial charge in [-0.3, -0.25) is 0 Å². The fourth-order valence-electron chi connectivity index (χ4n) is 1.01. The SMILES string of the molecule is CCOCOC/C=C/c1ccccc1. The average molecular weight is 192 g/mol. The molecule has 0 amide bonds. The van der Waals surface area contributed by atoms with E-state index in [1.165, 1.54) is 5.56 Å². The van der Waals surface area contributed by atoms with Gasteiger partial charge in [0.1, 0.15) is 6.79 Å². The molecule has 76 valence electrons. The van der Waals surface area contributed by atoms with Crippen LogP contribution in [0.5, 0.6) is 0 Å². The molecule has 2 heteroatoms. The zero-order valence-corrected chi connectivity index (χ0v) is 8.48. The summed E-state index contributed by atoms with van der Waals surface area (Å²) in [5.41, 5.74) is 1.19. The molecule has 0 spiro atoms. The third-order valence-corrected chi connectivity index (χ3v) is 1.69. The van der Waals surface area contributed by atoms with E-state index < -0.39 is 0 Å². The summed E-state index contributed by atoms with van der Waals surface area (Å²) in [6.07, 6.45) is 4.01. The molecular formula is C12H16O2. The summed E-state index contributed by atoms with van der Waals surface area (Å²) in [6.45, 7) is 3.61. The number of hydrogen-bond acceptors (Lipinski definition) is 2. The van der Waals surface area contributed by atoms with Gasteiger partial charge >= 0.3 is 0 Å². The molecule has 1 rings (SSSR count). The zero-order chi connectivity index (χ0) is 10.1. The Morgan fingerprint density at radius 3 is 2.64 bits per heavy atom. The Kier molecular flexibility index (Phi) is 5.71. The molecule has 0 fully saturated rings. The van der Waals surface area contributed by atoms with Crippen molar-refractivity contribution < 1.29 is 9.47 Å². The van der Waals surface area contributed by atoms with Crippen LogP contribution < -0.4 is 0 Å². The van der Waals surface area contributed by atoms with E-state index in [-0.39, 0.29) is 0 Å². The summed E-state index contributed by atoms with van der Waals surface area (Å²) < 4.78 is 10.2. The van der Waals surface area contributed by atoms with E-state index in [0.717, 1.165) is 0 Å². The molecular weight excluding hydrogens is 176 g/mol. The highest BCUT2D eigenvalue weighted by Gasteiger charge is 1.83. The van der Waals surface area contributed by atoms with E-state index in [1.54, 1.807) is 0 Å². The summed E-state index contributed by atoms with van der Waals surface area (Å²) in [6, 6.07) is 10.1. The normalized spacial score (nSPS) is 10.9. The molecule has 0 aliphatic heterocycles. The maximum Gasteiger partial charge on any atom is 0.147 e. The largest absolute Gasteiger partial charge is 0.356 e. The molecule has 0 aliphatic rings. The summed E-state index contributed by atoms with van der Waals surface area (Å²) >= 11 is 0. The predicted octanol–water partition coefficient (Wildman–Crippen LogP) is 2.71. The average Bonchev–Trinajstić information content (AvgIpc) is 2.25. The first-order chi connectivity index (χ1) is 6.93. The van der Waals surface area contributed by atoms with Crippen molar-refractivity contribution in [1.82, 2.24) is 0 Å². The van der Waals surface area contributed by atoms with Crippen molar-refractivity contribution in [3.8, 4) is 0 Å². The molecule has 0 aliphatic carbocycles. The van der Waals surface area contributed by atoms with Gasteiger partial charge in [0.05, 0.1) is 6.61 Å². The van der Waals surface area contributed by atoms with Gasteiger partial charge in [0.25, 0.3) is 0 Å². The summed E-state index contributed by atoms with van der Waals surface area (Å²) in [5, 5.41) is 0. The van der Waals surface area contributed by atoms with E-state index >= 15 is 0 Å². The van der Waals surface area contributed by atoms with Crippen molar-refractivity contribution in [3.63, 3.8) is 0 Å². The molecule has 0 bridgehead atoms. The van der Waals surface area contributed by atoms with Crippen molar-refractivity contribution in [2.24, 2.45) is 0 Å². The Balaban J connectivity index is 2.15. The highest BCUT2D eigenvalue weighted by molar-refractivity contribution is 5.48. The lowest BCUT2D eigenvalue weighted by Crippen LogP contribution is -1.98. The van der Waals surface area contributed by atoms with Crippen molar-refractivity contribution in [2.75, 3.05) is 20.0 Å². The van der Waals surface area contributed by atoms with Crippen LogP contribution in [0.25, 0.3) is 6.08 Å². The van der Waals surface area contributed by atoms with Gasteiger partial charge in [-0.05, 0) is 12.5 Å². The molecule has 0 radical (unpaired) electrons. The summed E-state index contributed by atoms with van der Waals surface area (Å²) in [4.78, 5) is 0. The highest BCUT2D eigenvalue weighted by Crippen LogP contribution is 2.00. The number of benzene rings is 1. The molecule has 0 saturated carbocycles. The quantitative estimate of drug-likeness (QED) is 0.509. The van der Waals surface area contributed by atoms with E-state index in [1.807, 2.05) is 37.3 Å². The molecule has 1 aromatic carbocycles. The summed E-state index contributed by atoms with van der Waals surface area (Å²) in [7, 11) is 0. The number of hydrogen-bond donors (Lipinski definition) is 0. The molecule has 2 nitrogen and oxygen atoms in total. The van der Waals surface area contributed by atoms with Crippen LogP contribution >= 0.6 is 0 Å². The molecule has 0 unspecified atom stereocenters. The first kappa shape index (κ1) is 11.0. The van der Waals surface area contributed by atoms with Gasteiger partial charge in [-0.15, -0.1) is 0 Å². The van der Waals surface area contributed by atoms with E-state index in [2.05, 4.69) is 12.1 Å². The molecule has 0 N–H and O–H groups in total. The molecule has 0 heterocycles. The minimum absolute atomic E-state index is 0.371. The van der Waals surface area contributed by atoms with Gasteiger partial charge in [-0.2, -0.15) is 0 Å². The lowest BCUT2D eigenvalue weighted by atomic mass is 10.2. The second-order valence-corrected chi connectivity index (χ2v) is 2.79. The lowest BCUT2D eigenvalue weighted by molar-refractivity contribution is -0.0388. The van der Waals surface area contributed by atoms with Crippen LogP contribution in [0.2, 0.25) is 0 Å². The standard InChI is InChI=1S/C12H16O2/c1-2-13-11-14-10-6-9-12-7-4-3-5-8-12/h3-9H,2,10-11H2,1H3/b9-6+. The lowest BCUT2D eigenvalue weighted by Gasteiger charge is -1.99. The second-order valence-electron chi connectivity index (χ2n) is 2.79. The van der Waals surface area contributed by atoms with E-state index in [0.29, 0.717) is 20.0 Å². The van der Waals surface area contributed by atoms with Crippen LogP contribution in [-0.2, 0) is 9.47 Å². The van der Waals surface area contributed by atoms with Crippen molar-refractivity contribution in [2.45, 2.75) is 6.92 Å². The molecule has 1 aromatic rings. The minimum Gasteiger partial charge on any atom is -0.356 e. The topological polar surface area (TPSA) is 18.5 Å². The molecule has 0 aromatic heterocycles. The second kappa shape index (κ2) is 7.30. The Bertz CT molecular complexity index is 254. The van der Waals surface area contributed by atoms with Gasteiger partial charge in [-0.25, -0.2) is 0 Å². The first-order valence-electron chi connectivity index (χ1n) is 4.80. The maximum atomic E-state index is 5.19. The van der Waals surface area contributed by atoms with Crippen molar-refractivity contribution in [1.29, 1.82) is 0 Å². The van der Waals surface area contributed by atoms with E-state index in [4.69, 9.17) is 9.47 Å². The van der Waals surface area contributed by atoms with E-state index in [9.17, 15) is 0 Å². The van der Waals surface area contributed by atoms with Gasteiger partial charge in [0, 0.05) is 6.61 Å². The molecule has 0 saturated heterocycles. The van der Waals surface area contributed by atoms with Crippen molar-refractivity contribution in [3.05, 3.63) is 42.0 Å². The Labute approximate surface area is 85.2 Å². The Hall–Kier alpha value is -1.12. The smallest absolute Gasteiger partial charge is 0.147 e. The zero-order valence-electron chi connectivity index (χ0n) is 8.48. The Morgan fingerprint density at radius 1 is 1.14 bits per heavy atom. The van der Waals surface area contributed by atoms with Gasteiger partial charge in [0.2, 0.25) is 0 Å². The van der Waals surface area contributed by atoms with Gasteiger partial charge in [-0.1, -0.05) is 42.5 Å². The monoisotopic (exact) mass is 192 g/mol. The van der Waals surface area contributed by atoms with Crippen LogP contribution in [0.1, 0.15) is 12.5 Å². The fourth-order valence-corrected chi connectivity index (χ4v) is 1.01.